The summed E-state index contributed by atoms with van der Waals surface area (Å²) in [4.78, 5) is 39.5. The van der Waals surface area contributed by atoms with E-state index in [1.807, 2.05) is 0 Å². The molecule has 0 atom stereocenters. The molecule has 2 aromatic rings. The normalized spacial score (nSPS) is 13.4. The summed E-state index contributed by atoms with van der Waals surface area (Å²) in [6.07, 6.45) is 4.22. The minimum atomic E-state index is -4.75. The Balaban J connectivity index is 2.38. The predicted octanol–water partition coefficient (Wildman–Crippen LogP) is 3.20. The van der Waals surface area contributed by atoms with E-state index in [1.165, 1.54) is 17.2 Å². The molecule has 1 aromatic carbocycles. The first kappa shape index (κ1) is 28.4. The number of aryl methyl sites for hydroxylation is 1. The van der Waals surface area contributed by atoms with Crippen molar-refractivity contribution in [1.82, 2.24) is 14.9 Å². The van der Waals surface area contributed by atoms with Crippen LogP contribution in [0.25, 0.3) is 6.08 Å². The fourth-order valence-electron chi connectivity index (χ4n) is 2.78. The lowest BCUT2D eigenvalue weighted by molar-refractivity contribution is -0.116. The topological polar surface area (TPSA) is 159 Å². The van der Waals surface area contributed by atoms with E-state index in [0.29, 0.717) is 28.4 Å². The maximum atomic E-state index is 13.8. The fraction of sp³-hybridized carbons (Fsp3) is 0.238. The van der Waals surface area contributed by atoms with Gasteiger partial charge in [-0.25, -0.2) is 23.3 Å². The first-order valence-corrected chi connectivity index (χ1v) is 12.4. The number of carbonyl (C=O) groups excluding carboxylic acids is 1. The molecule has 0 spiro atoms. The summed E-state index contributed by atoms with van der Waals surface area (Å²) in [5.41, 5.74) is 6.60. The lowest BCUT2D eigenvalue weighted by Crippen LogP contribution is -2.22. The smallest absolute Gasteiger partial charge is 0.383 e. The number of thiol groups is 1. The van der Waals surface area contributed by atoms with Gasteiger partial charge in [-0.1, -0.05) is 0 Å². The minimum Gasteiger partial charge on any atom is -0.383 e. The number of benzene rings is 1. The first-order valence-electron chi connectivity index (χ1n) is 10.00. The van der Waals surface area contributed by atoms with Gasteiger partial charge in [-0.3, -0.25) is 9.32 Å². The van der Waals surface area contributed by atoms with Crippen LogP contribution in [0.5, 0.6) is 0 Å². The molecule has 0 saturated heterocycles. The van der Waals surface area contributed by atoms with E-state index in [2.05, 4.69) is 14.5 Å². The van der Waals surface area contributed by atoms with Crippen LogP contribution >= 0.6 is 19.2 Å². The van der Waals surface area contributed by atoms with Crippen molar-refractivity contribution in [1.29, 1.82) is 0 Å². The third-order valence-corrected chi connectivity index (χ3v) is 6.27. The van der Waals surface area contributed by atoms with Crippen molar-refractivity contribution in [2.24, 2.45) is 0 Å². The van der Waals surface area contributed by atoms with Gasteiger partial charge >= 0.3 is 7.82 Å². The largest absolute Gasteiger partial charge is 0.469 e. The Morgan fingerprint density at radius 2 is 2.06 bits per heavy atom. The van der Waals surface area contributed by atoms with E-state index in [9.17, 15) is 23.2 Å². The number of carbonyl (C=O) groups is 1. The molecule has 0 aliphatic heterocycles. The summed E-state index contributed by atoms with van der Waals surface area (Å²) in [6.45, 7) is 2.79. The number of anilines is 1. The van der Waals surface area contributed by atoms with Gasteiger partial charge in [-0.2, -0.15) is 0 Å². The second-order valence-corrected chi connectivity index (χ2v) is 9.60. The minimum absolute atomic E-state index is 0.00901. The molecule has 0 radical (unpaired) electrons. The highest BCUT2D eigenvalue weighted by Crippen LogP contribution is 2.36. The average molecular weight is 530 g/mol. The molecule has 1 aromatic heterocycles. The first-order chi connectivity index (χ1) is 16.4. The summed E-state index contributed by atoms with van der Waals surface area (Å²) in [7, 11) is -4.75. The Morgan fingerprint density at radius 1 is 1.34 bits per heavy atom. The van der Waals surface area contributed by atoms with Crippen LogP contribution in [0, 0.1) is 18.6 Å². The van der Waals surface area contributed by atoms with Crippen LogP contribution in [0.1, 0.15) is 30.3 Å². The van der Waals surface area contributed by atoms with Gasteiger partial charge < -0.3 is 25.5 Å². The number of hydrogen-bond acceptors (Lipinski definition) is 6. The maximum Gasteiger partial charge on any atom is 0.469 e. The van der Waals surface area contributed by atoms with Crippen molar-refractivity contribution in [3.8, 4) is 0 Å². The molecule has 10 nitrogen and oxygen atoms in total. The van der Waals surface area contributed by atoms with Crippen LogP contribution in [0.3, 0.4) is 0 Å². The van der Waals surface area contributed by atoms with E-state index in [0.717, 1.165) is 24.3 Å². The molecule has 0 unspecified atom stereocenters. The van der Waals surface area contributed by atoms with Crippen LogP contribution < -0.4 is 5.73 Å². The van der Waals surface area contributed by atoms with Crippen molar-refractivity contribution in [2.75, 3.05) is 12.3 Å². The summed E-state index contributed by atoms with van der Waals surface area (Å²) in [5.74, 6) is -0.726. The molecule has 0 fully saturated rings. The second kappa shape index (κ2) is 12.8. The number of nitrogens with zero attached hydrogens (tertiary/aromatic N) is 3. The van der Waals surface area contributed by atoms with Gasteiger partial charge in [0.1, 0.15) is 23.3 Å². The SMILES string of the molecule is C/C(=C(CCOP(=O)(O)O)/[SH]=C(O)\C=C\c1cc(F)ccc1F)N(C=O)Cc1cnc(C)nc1N. The van der Waals surface area contributed by atoms with Crippen LogP contribution in [0.4, 0.5) is 14.6 Å². The van der Waals surface area contributed by atoms with Gasteiger partial charge in [0.25, 0.3) is 0 Å². The van der Waals surface area contributed by atoms with Crippen LogP contribution in [-0.4, -0.2) is 47.8 Å². The number of aliphatic hydroxyl groups is 1. The molecule has 14 heteroatoms. The van der Waals surface area contributed by atoms with Crippen LogP contribution in [0.2, 0.25) is 0 Å². The monoisotopic (exact) mass is 530 g/mol. The molecule has 1 heterocycles. The molecule has 190 valence electrons. The van der Waals surface area contributed by atoms with Gasteiger partial charge in [0.15, 0.2) is 0 Å². The van der Waals surface area contributed by atoms with Gasteiger partial charge in [0.05, 0.1) is 18.2 Å². The number of aliphatic hydroxyl groups excluding tert-OH is 1. The van der Waals surface area contributed by atoms with Crippen molar-refractivity contribution in [3.05, 3.63) is 69.7 Å². The molecular formula is C21H25F2N4O6PS. The zero-order valence-electron chi connectivity index (χ0n) is 18.8. The summed E-state index contributed by atoms with van der Waals surface area (Å²) < 4.78 is 42.7. The quantitative estimate of drug-likeness (QED) is 0.0967. The van der Waals surface area contributed by atoms with Gasteiger partial charge in [0, 0.05) is 34.3 Å². The Hall–Kier alpha value is -2.80. The number of allylic oxidation sites excluding steroid dienone is 1. The molecule has 1 amide bonds. The van der Waals surface area contributed by atoms with Crippen LogP contribution in [0.15, 0.2) is 41.1 Å². The summed E-state index contributed by atoms with van der Waals surface area (Å²) in [5, 5.41) is 10.1. The zero-order valence-corrected chi connectivity index (χ0v) is 20.6. The zero-order chi connectivity index (χ0) is 26.2. The number of nitrogen functional groups attached to an aromatic ring is 1. The number of nitrogens with two attached hydrogens (primary N) is 1. The van der Waals surface area contributed by atoms with Crippen molar-refractivity contribution < 1.29 is 37.6 Å². The molecule has 0 saturated carbocycles. The molecule has 2 rings (SSSR count). The number of halogens is 2. The van der Waals surface area contributed by atoms with E-state index in [4.69, 9.17) is 15.5 Å². The number of phosphoric ester groups is 1. The lowest BCUT2D eigenvalue weighted by Gasteiger charge is -2.21. The number of rotatable bonds is 11. The number of phosphoric acid groups is 1. The molecule has 5 N–H and O–H groups in total. The highest BCUT2D eigenvalue weighted by Gasteiger charge is 2.16. The third kappa shape index (κ3) is 9.40. The maximum absolute atomic E-state index is 13.8. The molecular weight excluding hydrogens is 505 g/mol. The van der Waals surface area contributed by atoms with E-state index < -0.39 is 26.1 Å². The third-order valence-electron chi connectivity index (χ3n) is 4.55. The highest BCUT2D eigenvalue weighted by molar-refractivity contribution is 8.02. The van der Waals surface area contributed by atoms with Crippen molar-refractivity contribution in [3.63, 3.8) is 0 Å². The van der Waals surface area contributed by atoms with Gasteiger partial charge in [0.2, 0.25) is 6.41 Å². The molecule has 0 aliphatic rings. The summed E-state index contributed by atoms with van der Waals surface area (Å²) >= 11 is 0.134. The Morgan fingerprint density at radius 3 is 2.69 bits per heavy atom. The van der Waals surface area contributed by atoms with Gasteiger partial charge in [-0.05, 0) is 44.2 Å². The Kier molecular flexibility index (Phi) is 10.4. The van der Waals surface area contributed by atoms with Crippen LogP contribution in [-0.2, 0) is 20.4 Å². The van der Waals surface area contributed by atoms with E-state index >= 15 is 0 Å². The Bertz CT molecular complexity index is 1220. The van der Waals surface area contributed by atoms with E-state index in [-0.39, 0.29) is 40.7 Å². The highest BCUT2D eigenvalue weighted by atomic mass is 32.1. The molecule has 0 bridgehead atoms. The average Bonchev–Trinajstić information content (AvgIpc) is 2.77. The van der Waals surface area contributed by atoms with Crippen molar-refractivity contribution >= 4 is 42.5 Å². The summed E-state index contributed by atoms with van der Waals surface area (Å²) in [6, 6.07) is 2.86. The Labute approximate surface area is 204 Å². The molecule has 0 aliphatic carbocycles. The lowest BCUT2D eigenvalue weighted by atomic mass is 10.2. The van der Waals surface area contributed by atoms with E-state index in [1.54, 1.807) is 13.8 Å². The number of aromatic nitrogens is 2. The predicted molar refractivity (Wildman–Crippen MR) is 130 cm³/mol. The standard InChI is InChI=1S/C21H25F2N4O6PS/c1-13(27(12-28)11-16-10-25-14(2)26-21(16)24)19(7-8-33-34(30,31)32)35-20(29)6-3-15-9-17(22)4-5-18(15)23/h3-6,9-10,12,29,35H,7-8,11H2,1-2H3,(H2,24,25,26)(H2,30,31,32)/b6-3+,19-13-. The van der Waals surface area contributed by atoms with Crippen molar-refractivity contribution in [2.45, 2.75) is 26.8 Å². The van der Waals surface area contributed by atoms with Gasteiger partial charge in [-0.15, -0.1) is 11.4 Å². The number of amides is 1. The fourth-order valence-corrected chi connectivity index (χ4v) is 4.03. The molecule has 35 heavy (non-hydrogen) atoms. The number of hydrogen-bond donors (Lipinski definition) is 5. The second-order valence-electron chi connectivity index (χ2n) is 7.14.